The molecule has 0 aliphatic carbocycles. The van der Waals surface area contributed by atoms with E-state index in [2.05, 4.69) is 0 Å². The molecule has 2 amide bonds. The Morgan fingerprint density at radius 2 is 1.82 bits per heavy atom. The molecule has 0 aromatic heterocycles. The van der Waals surface area contributed by atoms with Crippen LogP contribution in [0.15, 0.2) is 42.5 Å². The molecule has 1 N–H and O–H groups in total. The van der Waals surface area contributed by atoms with Crippen LogP contribution in [0.1, 0.15) is 19.8 Å². The van der Waals surface area contributed by atoms with Gasteiger partial charge in [-0.3, -0.25) is 14.4 Å². The number of rotatable bonds is 3. The van der Waals surface area contributed by atoms with Crippen LogP contribution in [0.25, 0.3) is 10.8 Å². The van der Waals surface area contributed by atoms with Crippen molar-refractivity contribution in [3.8, 4) is 0 Å². The number of nitrogens with zero attached hydrogens (tertiary/aromatic N) is 2. The molecule has 0 saturated carbocycles. The number of carbonyl (C=O) groups is 3. The molecule has 2 aromatic rings. The van der Waals surface area contributed by atoms with E-state index in [-0.39, 0.29) is 30.1 Å². The summed E-state index contributed by atoms with van der Waals surface area (Å²) < 4.78 is 0. The maximum Gasteiger partial charge on any atom is 0.306 e. The molecule has 4 rings (SSSR count). The van der Waals surface area contributed by atoms with Crippen molar-refractivity contribution < 1.29 is 19.5 Å². The summed E-state index contributed by atoms with van der Waals surface area (Å²) in [5.74, 6) is -1.73. The van der Waals surface area contributed by atoms with Crippen LogP contribution in [-0.4, -0.2) is 47.4 Å². The van der Waals surface area contributed by atoms with Crippen LogP contribution in [0.4, 0.5) is 5.69 Å². The number of likely N-dealkylation sites (tertiary alicyclic amines) is 1. The van der Waals surface area contributed by atoms with E-state index in [1.165, 1.54) is 0 Å². The molecule has 2 saturated heterocycles. The molecule has 0 radical (unpaired) electrons. The van der Waals surface area contributed by atoms with Gasteiger partial charge >= 0.3 is 5.97 Å². The highest BCUT2D eigenvalue weighted by Gasteiger charge is 2.40. The van der Waals surface area contributed by atoms with Gasteiger partial charge in [-0.15, -0.1) is 0 Å². The summed E-state index contributed by atoms with van der Waals surface area (Å²) in [7, 11) is 0. The van der Waals surface area contributed by atoms with Crippen molar-refractivity contribution in [1.29, 1.82) is 0 Å². The number of carbonyl (C=O) groups excluding carboxylic acids is 2. The van der Waals surface area contributed by atoms with E-state index in [1.54, 1.807) is 9.80 Å². The van der Waals surface area contributed by atoms with Gasteiger partial charge in [0.25, 0.3) is 0 Å². The van der Waals surface area contributed by atoms with Gasteiger partial charge in [-0.25, -0.2) is 0 Å². The number of carboxylic acids is 1. The third kappa shape index (κ3) is 3.23. The third-order valence-electron chi connectivity index (χ3n) is 6.07. The Morgan fingerprint density at radius 1 is 1.07 bits per heavy atom. The van der Waals surface area contributed by atoms with E-state index in [1.807, 2.05) is 49.4 Å². The zero-order valence-electron chi connectivity index (χ0n) is 15.9. The molecule has 2 aliphatic heterocycles. The molecule has 0 bridgehead atoms. The summed E-state index contributed by atoms with van der Waals surface area (Å²) in [5.41, 5.74) is 0.844. The Hall–Kier alpha value is -2.89. The lowest BCUT2D eigenvalue weighted by molar-refractivity contribution is -0.149. The van der Waals surface area contributed by atoms with E-state index in [0.717, 1.165) is 16.5 Å². The van der Waals surface area contributed by atoms with Crippen molar-refractivity contribution in [2.45, 2.75) is 19.8 Å². The van der Waals surface area contributed by atoms with Gasteiger partial charge in [-0.05, 0) is 23.8 Å². The molecule has 2 aromatic carbocycles. The molecule has 2 heterocycles. The largest absolute Gasteiger partial charge is 0.481 e. The fourth-order valence-electron chi connectivity index (χ4n) is 4.52. The maximum atomic E-state index is 13.0. The van der Waals surface area contributed by atoms with Crippen LogP contribution < -0.4 is 4.90 Å². The Kier molecular flexibility index (Phi) is 4.79. The first-order valence-corrected chi connectivity index (χ1v) is 9.75. The molecule has 2 aliphatic rings. The van der Waals surface area contributed by atoms with E-state index in [9.17, 15) is 19.5 Å². The quantitative estimate of drug-likeness (QED) is 0.888. The first-order chi connectivity index (χ1) is 13.5. The number of fused-ring (bicyclic) bond motifs is 1. The predicted octanol–water partition coefficient (Wildman–Crippen LogP) is 2.76. The van der Waals surface area contributed by atoms with Crippen molar-refractivity contribution in [2.24, 2.45) is 17.8 Å². The Morgan fingerprint density at radius 3 is 2.57 bits per heavy atom. The minimum atomic E-state index is -0.794. The summed E-state index contributed by atoms with van der Waals surface area (Å²) in [6, 6.07) is 13.8. The minimum absolute atomic E-state index is 0.0354. The maximum absolute atomic E-state index is 13.0. The number of benzene rings is 2. The summed E-state index contributed by atoms with van der Waals surface area (Å²) >= 11 is 0. The van der Waals surface area contributed by atoms with Gasteiger partial charge in [0.05, 0.1) is 17.5 Å². The van der Waals surface area contributed by atoms with Gasteiger partial charge < -0.3 is 14.9 Å². The number of anilines is 1. The Labute approximate surface area is 163 Å². The second-order valence-electron chi connectivity index (χ2n) is 7.90. The lowest BCUT2D eigenvalue weighted by Crippen LogP contribution is -2.47. The molecule has 2 fully saturated rings. The second kappa shape index (κ2) is 7.26. The highest BCUT2D eigenvalue weighted by atomic mass is 16.4. The number of amides is 2. The smallest absolute Gasteiger partial charge is 0.306 e. The molecule has 146 valence electrons. The average molecular weight is 380 g/mol. The number of carboxylic acid groups (broad SMARTS) is 1. The Balaban J connectivity index is 1.50. The van der Waals surface area contributed by atoms with Crippen LogP contribution in [0.2, 0.25) is 0 Å². The molecule has 6 nitrogen and oxygen atoms in total. The second-order valence-corrected chi connectivity index (χ2v) is 7.90. The fourth-order valence-corrected chi connectivity index (χ4v) is 4.52. The van der Waals surface area contributed by atoms with Gasteiger partial charge in [0, 0.05) is 31.4 Å². The lowest BCUT2D eigenvalue weighted by atomic mass is 9.86. The topological polar surface area (TPSA) is 77.9 Å². The monoisotopic (exact) mass is 380 g/mol. The van der Waals surface area contributed by atoms with Crippen LogP contribution in [0.3, 0.4) is 0 Å². The average Bonchev–Trinajstić information content (AvgIpc) is 3.08. The van der Waals surface area contributed by atoms with Gasteiger partial charge in [-0.2, -0.15) is 0 Å². The lowest BCUT2D eigenvalue weighted by Gasteiger charge is -2.36. The zero-order valence-corrected chi connectivity index (χ0v) is 15.9. The standard InChI is InChI=1S/C22H24N2O4/c1-14-12-23(10-9-17(14)22(27)28)21(26)16-11-20(25)24(13-16)19-8-4-6-15-5-2-3-7-18(15)19/h2-8,14,16-17H,9-13H2,1H3,(H,27,28). The first-order valence-electron chi connectivity index (χ1n) is 9.75. The number of piperidine rings is 1. The van der Waals surface area contributed by atoms with Crippen LogP contribution in [0.5, 0.6) is 0 Å². The molecule has 3 unspecified atom stereocenters. The van der Waals surface area contributed by atoms with Crippen LogP contribution in [-0.2, 0) is 14.4 Å². The highest BCUT2D eigenvalue weighted by Crippen LogP contribution is 2.33. The van der Waals surface area contributed by atoms with E-state index in [4.69, 9.17) is 0 Å². The van der Waals surface area contributed by atoms with Crippen molar-refractivity contribution >= 4 is 34.2 Å². The minimum Gasteiger partial charge on any atom is -0.481 e. The van der Waals surface area contributed by atoms with Gasteiger partial charge in [-0.1, -0.05) is 43.3 Å². The normalized spacial score (nSPS) is 25.3. The van der Waals surface area contributed by atoms with Crippen molar-refractivity contribution in [3.05, 3.63) is 42.5 Å². The SMILES string of the molecule is CC1CN(C(=O)C2CC(=O)N(c3cccc4ccccc34)C2)CCC1C(=O)O. The van der Waals surface area contributed by atoms with Gasteiger partial charge in [0.15, 0.2) is 0 Å². The van der Waals surface area contributed by atoms with Crippen molar-refractivity contribution in [1.82, 2.24) is 4.90 Å². The number of aliphatic carboxylic acids is 1. The molecule has 3 atom stereocenters. The van der Waals surface area contributed by atoms with Crippen molar-refractivity contribution in [2.75, 3.05) is 24.5 Å². The van der Waals surface area contributed by atoms with E-state index >= 15 is 0 Å². The summed E-state index contributed by atoms with van der Waals surface area (Å²) in [4.78, 5) is 40.5. The molecule has 0 spiro atoms. The van der Waals surface area contributed by atoms with Crippen molar-refractivity contribution in [3.63, 3.8) is 0 Å². The van der Waals surface area contributed by atoms with Gasteiger partial charge in [0.2, 0.25) is 11.8 Å². The fraction of sp³-hybridized carbons (Fsp3) is 0.409. The summed E-state index contributed by atoms with van der Waals surface area (Å²) in [6.07, 6.45) is 0.672. The van der Waals surface area contributed by atoms with E-state index < -0.39 is 11.9 Å². The molecular formula is C22H24N2O4. The predicted molar refractivity (Wildman–Crippen MR) is 106 cm³/mol. The van der Waals surface area contributed by atoms with Crippen LogP contribution >= 0.6 is 0 Å². The summed E-state index contributed by atoms with van der Waals surface area (Å²) in [6.45, 7) is 3.13. The third-order valence-corrected chi connectivity index (χ3v) is 6.07. The number of hydrogen-bond acceptors (Lipinski definition) is 3. The van der Waals surface area contributed by atoms with Gasteiger partial charge in [0.1, 0.15) is 0 Å². The summed E-state index contributed by atoms with van der Waals surface area (Å²) in [5, 5.41) is 11.3. The molecular weight excluding hydrogens is 356 g/mol. The highest BCUT2D eigenvalue weighted by molar-refractivity contribution is 6.07. The molecule has 28 heavy (non-hydrogen) atoms. The Bertz CT molecular complexity index is 936. The molecule has 6 heteroatoms. The van der Waals surface area contributed by atoms with E-state index in [0.29, 0.717) is 26.1 Å². The first kappa shape index (κ1) is 18.5. The zero-order chi connectivity index (χ0) is 19.8. The van der Waals surface area contributed by atoms with Crippen LogP contribution in [0, 0.1) is 17.8 Å². The number of hydrogen-bond donors (Lipinski definition) is 1.